The Hall–Kier alpha value is -1.93. The third-order valence-corrected chi connectivity index (χ3v) is 4.41. The highest BCUT2D eigenvalue weighted by Gasteiger charge is 2.04. The van der Waals surface area contributed by atoms with E-state index in [1.807, 2.05) is 6.08 Å². The van der Waals surface area contributed by atoms with E-state index in [0.29, 0.717) is 0 Å². The second-order valence-electron chi connectivity index (χ2n) is 7.48. The monoisotopic (exact) mass is 446 g/mol. The average molecular weight is 447 g/mol. The molecule has 0 aromatic heterocycles. The summed E-state index contributed by atoms with van der Waals surface area (Å²) < 4.78 is 4.77. The highest BCUT2D eigenvalue weighted by Crippen LogP contribution is 2.12. The van der Waals surface area contributed by atoms with Gasteiger partial charge in [0, 0.05) is 6.08 Å². The summed E-state index contributed by atoms with van der Waals surface area (Å²) in [5.41, 5.74) is 0. The molecule has 0 heterocycles. The number of carbonyl (C=O) groups is 3. The lowest BCUT2D eigenvalue weighted by Gasteiger charge is -2.06. The van der Waals surface area contributed by atoms with E-state index in [9.17, 15) is 14.4 Å². The molecule has 0 aliphatic carbocycles. The van der Waals surface area contributed by atoms with Crippen molar-refractivity contribution in [2.75, 3.05) is 13.2 Å². The first-order valence-electron chi connectivity index (χ1n) is 11.4. The molecule has 0 aromatic carbocycles. The second-order valence-corrected chi connectivity index (χ2v) is 7.48. The van der Waals surface area contributed by atoms with Crippen molar-refractivity contribution < 1.29 is 39.5 Å². The molecule has 0 aromatic rings. The van der Waals surface area contributed by atoms with E-state index in [1.54, 1.807) is 0 Å². The van der Waals surface area contributed by atoms with Crippen molar-refractivity contribution >= 4 is 17.9 Å². The van der Waals surface area contributed by atoms with E-state index in [4.69, 9.17) is 25.2 Å². The zero-order valence-electron chi connectivity index (χ0n) is 19.0. The smallest absolute Gasteiger partial charge is 0.330 e. The molecule has 0 fully saturated rings. The average Bonchev–Trinajstić information content (AvgIpc) is 2.74. The number of aliphatic carboxylic acids is 2. The topological polar surface area (TPSA) is 141 Å². The van der Waals surface area contributed by atoms with Crippen molar-refractivity contribution in [3.63, 3.8) is 0 Å². The van der Waals surface area contributed by atoms with Gasteiger partial charge in [0.15, 0.2) is 0 Å². The number of esters is 1. The molecule has 0 bridgehead atoms. The standard InChI is InChI=1S/C19H36O4.C4H6O4/c1-2-3-4-5-6-7-8-9-10-11-12-13-14-15-19(22)23-17-18(21)16-20;5-3(6)1-2-4(7)8/h14-15,18,20-21H,2-13,16-17H2,1H3;1-2H2,(H,5,6)(H,7,8)/b15-14+;. The lowest BCUT2D eigenvalue weighted by atomic mass is 10.1. The Morgan fingerprint density at radius 1 is 0.806 bits per heavy atom. The van der Waals surface area contributed by atoms with Crippen LogP contribution in [0.4, 0.5) is 0 Å². The van der Waals surface area contributed by atoms with Crippen LogP contribution in [0.1, 0.15) is 96.8 Å². The number of aliphatic hydroxyl groups excluding tert-OH is 2. The minimum Gasteiger partial charge on any atom is -0.481 e. The Balaban J connectivity index is 0. The van der Waals surface area contributed by atoms with Gasteiger partial charge in [-0.05, 0) is 12.8 Å². The first-order valence-corrected chi connectivity index (χ1v) is 11.4. The van der Waals surface area contributed by atoms with E-state index in [1.165, 1.54) is 70.3 Å². The van der Waals surface area contributed by atoms with Crippen molar-refractivity contribution in [2.24, 2.45) is 0 Å². The zero-order valence-corrected chi connectivity index (χ0v) is 19.0. The molecule has 0 aliphatic heterocycles. The van der Waals surface area contributed by atoms with Gasteiger partial charge in [-0.3, -0.25) is 9.59 Å². The summed E-state index contributed by atoms with van der Waals surface area (Å²) in [5.74, 6) is -2.61. The molecule has 182 valence electrons. The molecule has 4 N–H and O–H groups in total. The number of hydrogen-bond acceptors (Lipinski definition) is 6. The molecule has 0 radical (unpaired) electrons. The summed E-state index contributed by atoms with van der Waals surface area (Å²) in [7, 11) is 0. The Bertz CT molecular complexity index is 462. The Morgan fingerprint density at radius 3 is 1.68 bits per heavy atom. The van der Waals surface area contributed by atoms with Gasteiger partial charge in [-0.2, -0.15) is 0 Å². The molecular weight excluding hydrogens is 404 g/mol. The number of ether oxygens (including phenoxy) is 1. The lowest BCUT2D eigenvalue weighted by Crippen LogP contribution is -2.21. The summed E-state index contributed by atoms with van der Waals surface area (Å²) in [6, 6.07) is 0. The Kier molecular flexibility index (Phi) is 24.5. The maximum atomic E-state index is 11.3. The fraction of sp³-hybridized carbons (Fsp3) is 0.783. The van der Waals surface area contributed by atoms with Gasteiger partial charge in [-0.1, -0.05) is 77.2 Å². The Morgan fingerprint density at radius 2 is 1.26 bits per heavy atom. The maximum Gasteiger partial charge on any atom is 0.330 e. The predicted molar refractivity (Wildman–Crippen MR) is 119 cm³/mol. The summed E-state index contributed by atoms with van der Waals surface area (Å²) in [6.07, 6.45) is 17.0. The lowest BCUT2D eigenvalue weighted by molar-refractivity contribution is -0.143. The van der Waals surface area contributed by atoms with E-state index in [-0.39, 0.29) is 19.4 Å². The minimum atomic E-state index is -1.08. The number of rotatable bonds is 19. The van der Waals surface area contributed by atoms with Gasteiger partial charge in [-0.25, -0.2) is 4.79 Å². The van der Waals surface area contributed by atoms with Crippen molar-refractivity contribution in [2.45, 2.75) is 103 Å². The first kappa shape index (κ1) is 31.3. The minimum absolute atomic E-state index is 0.155. The molecule has 1 unspecified atom stereocenters. The van der Waals surface area contributed by atoms with Crippen molar-refractivity contribution in [3.05, 3.63) is 12.2 Å². The van der Waals surface area contributed by atoms with Gasteiger partial charge in [0.25, 0.3) is 0 Å². The van der Waals surface area contributed by atoms with Crippen LogP contribution < -0.4 is 0 Å². The van der Waals surface area contributed by atoms with Gasteiger partial charge in [-0.15, -0.1) is 0 Å². The molecule has 8 heteroatoms. The molecule has 0 rings (SSSR count). The van der Waals surface area contributed by atoms with Gasteiger partial charge in [0.1, 0.15) is 12.7 Å². The zero-order chi connectivity index (χ0) is 23.7. The molecule has 1 atom stereocenters. The summed E-state index contributed by atoms with van der Waals surface area (Å²) in [6.45, 7) is 1.70. The van der Waals surface area contributed by atoms with E-state index >= 15 is 0 Å². The number of carbonyl (C=O) groups excluding carboxylic acids is 1. The highest BCUT2D eigenvalue weighted by atomic mass is 16.5. The quantitative estimate of drug-likeness (QED) is 0.132. The molecule has 0 saturated carbocycles. The number of allylic oxidation sites excluding steroid dienone is 1. The van der Waals surface area contributed by atoms with Crippen LogP contribution in [-0.2, 0) is 19.1 Å². The molecule has 0 aliphatic rings. The molecule has 31 heavy (non-hydrogen) atoms. The number of carboxylic acids is 2. The van der Waals surface area contributed by atoms with Crippen LogP contribution >= 0.6 is 0 Å². The van der Waals surface area contributed by atoms with Crippen LogP contribution in [0.3, 0.4) is 0 Å². The predicted octanol–water partition coefficient (Wildman–Crippen LogP) is 4.08. The molecule has 0 amide bonds. The summed E-state index contributed by atoms with van der Waals surface area (Å²) in [5, 5.41) is 33.4. The maximum absolute atomic E-state index is 11.3. The highest BCUT2D eigenvalue weighted by molar-refractivity contribution is 5.81. The normalized spacial score (nSPS) is 11.6. The van der Waals surface area contributed by atoms with Crippen LogP contribution in [0.15, 0.2) is 12.2 Å². The van der Waals surface area contributed by atoms with Gasteiger partial charge in [0.05, 0.1) is 19.4 Å². The summed E-state index contributed by atoms with van der Waals surface area (Å²) in [4.78, 5) is 30.5. The number of carboxylic acid groups (broad SMARTS) is 2. The van der Waals surface area contributed by atoms with E-state index in [2.05, 4.69) is 6.92 Å². The van der Waals surface area contributed by atoms with E-state index < -0.39 is 30.6 Å². The first-order chi connectivity index (χ1) is 14.8. The van der Waals surface area contributed by atoms with Crippen LogP contribution in [0.5, 0.6) is 0 Å². The van der Waals surface area contributed by atoms with Crippen LogP contribution in [-0.4, -0.2) is 57.7 Å². The van der Waals surface area contributed by atoms with Crippen LogP contribution in [0, 0.1) is 0 Å². The molecule has 0 saturated heterocycles. The molecule has 8 nitrogen and oxygen atoms in total. The number of unbranched alkanes of at least 4 members (excludes halogenated alkanes) is 11. The van der Waals surface area contributed by atoms with Crippen molar-refractivity contribution in [1.82, 2.24) is 0 Å². The third kappa shape index (κ3) is 30.4. The third-order valence-electron chi connectivity index (χ3n) is 4.41. The molecular formula is C23H42O8. The van der Waals surface area contributed by atoms with Crippen LogP contribution in [0.25, 0.3) is 0 Å². The largest absolute Gasteiger partial charge is 0.481 e. The van der Waals surface area contributed by atoms with Gasteiger partial charge < -0.3 is 25.2 Å². The fourth-order valence-corrected chi connectivity index (χ4v) is 2.60. The molecule has 0 spiro atoms. The second kappa shape index (κ2) is 24.3. The van der Waals surface area contributed by atoms with Gasteiger partial charge >= 0.3 is 17.9 Å². The fourth-order valence-electron chi connectivity index (χ4n) is 2.60. The van der Waals surface area contributed by atoms with Gasteiger partial charge in [0.2, 0.25) is 0 Å². The number of hydrogen-bond donors (Lipinski definition) is 4. The van der Waals surface area contributed by atoms with Crippen molar-refractivity contribution in [1.29, 1.82) is 0 Å². The van der Waals surface area contributed by atoms with Crippen LogP contribution in [0.2, 0.25) is 0 Å². The van der Waals surface area contributed by atoms with Crippen molar-refractivity contribution in [3.8, 4) is 0 Å². The Labute approximate surface area is 186 Å². The van der Waals surface area contributed by atoms with E-state index in [0.717, 1.165) is 12.8 Å². The number of aliphatic hydroxyl groups is 2. The summed E-state index contributed by atoms with van der Waals surface area (Å²) >= 11 is 0. The SMILES string of the molecule is CCCCCCCCCCCCC/C=C/C(=O)OCC(O)CO.O=C(O)CCC(=O)O.